The molecule has 0 spiro atoms. The molecule has 0 aromatic heterocycles. The molecule has 0 unspecified atom stereocenters. The summed E-state index contributed by atoms with van der Waals surface area (Å²) < 4.78 is 93.6. The zero-order valence-corrected chi connectivity index (χ0v) is 44.5. The van der Waals surface area contributed by atoms with Crippen LogP contribution >= 0.6 is 11.6 Å². The van der Waals surface area contributed by atoms with Gasteiger partial charge >= 0.3 is 50.4 Å². The monoisotopic (exact) mass is 1500 g/mol. The standard InChI is InChI=1S/C20H28ClNO11S.C19H29NO10S.2Fm/c1-20(2,7-8-22-19(25)26)13-32-34(27,28)33-16-5-4-14(11-31-18(21)24)10-15(16)6-9-30-12-17(23)29-3;1-19(2,7-8-20-18(23)24)13-29-31(25,26)30-16-5-4-14(11-21)10-15(16)6-9-28-12-17(22)27-3;;/h4-5,10,22H,6-9,11-13H2,1-3H3,(H,25,26);4-5,10,20-21H,6-9,11-13H2,1-3H3,(H,23,24);;. The molecule has 67 heavy (non-hydrogen) atoms. The Kier molecular flexibility index (Phi) is 28.0. The molecule has 0 heterocycles. The first kappa shape index (κ1) is 62.1. The third-order valence-corrected chi connectivity index (χ3v) is 10.1. The minimum absolute atomic E-state index is 0. The Labute approximate surface area is 382 Å². The minimum Gasteiger partial charge on any atom is -0.467 e. The normalized spacial score (nSPS) is 11.3. The summed E-state index contributed by atoms with van der Waals surface area (Å²) in [7, 11) is -6.44. The van der Waals surface area contributed by atoms with E-state index in [0.717, 1.165) is 0 Å². The number of carboxylic acid groups (broad SMARTS) is 2. The maximum absolute atomic E-state index is 12.4. The van der Waals surface area contributed by atoms with Gasteiger partial charge in [0.05, 0.1) is 47.3 Å². The number of ether oxygens (including phenoxy) is 5. The third-order valence-electron chi connectivity index (χ3n) is 8.44. The van der Waals surface area contributed by atoms with Crippen LogP contribution in [0.3, 0.4) is 0 Å². The van der Waals surface area contributed by atoms with E-state index in [2.05, 4.69) is 20.1 Å². The summed E-state index contributed by atoms with van der Waals surface area (Å²) in [5.41, 5.74) is -0.433. The smallest absolute Gasteiger partial charge is 0.449 e. The van der Waals surface area contributed by atoms with E-state index in [9.17, 15) is 45.9 Å². The van der Waals surface area contributed by atoms with Crippen LogP contribution in [0.15, 0.2) is 36.4 Å². The number of aliphatic hydroxyl groups is 1. The van der Waals surface area contributed by atoms with E-state index in [4.69, 9.17) is 52.8 Å². The summed E-state index contributed by atoms with van der Waals surface area (Å²) in [6, 6.07) is 8.83. The second-order valence-electron chi connectivity index (χ2n) is 15.1. The molecule has 2 amide bonds. The van der Waals surface area contributed by atoms with E-state index in [-0.39, 0.29) is 90.3 Å². The fourth-order valence-corrected chi connectivity index (χ4v) is 6.67. The molecule has 2 aromatic rings. The number of hydrogen-bond donors (Lipinski definition) is 5. The van der Waals surface area contributed by atoms with Gasteiger partial charge in [-0.15, -0.1) is 0 Å². The fourth-order valence-electron chi connectivity index (χ4n) is 4.83. The van der Waals surface area contributed by atoms with Crippen LogP contribution in [0.2, 0.25) is 0 Å². The second-order valence-corrected chi connectivity index (χ2v) is 17.9. The van der Waals surface area contributed by atoms with E-state index < -0.39 is 61.2 Å². The van der Waals surface area contributed by atoms with Crippen LogP contribution in [0.5, 0.6) is 11.5 Å². The second kappa shape index (κ2) is 30.2. The molecule has 0 bridgehead atoms. The molecule has 0 saturated heterocycles. The maximum Gasteiger partial charge on any atom is 0.449 e. The van der Waals surface area contributed by atoms with Gasteiger partial charge in [0.2, 0.25) is 0 Å². The molecule has 2 rings (SSSR count). The van der Waals surface area contributed by atoms with Gasteiger partial charge in [0.1, 0.15) is 31.3 Å². The van der Waals surface area contributed by atoms with Crippen molar-refractivity contribution in [3.05, 3.63) is 58.7 Å². The number of esters is 2. The van der Waals surface area contributed by atoms with E-state index in [1.807, 2.05) is 0 Å². The van der Waals surface area contributed by atoms with Crippen LogP contribution in [-0.2, 0) is 88.5 Å². The average Bonchev–Trinajstić information content (AvgIpc) is 3.22. The van der Waals surface area contributed by atoms with Gasteiger partial charge in [0.15, 0.2) is 0 Å². The average molecular weight is 1500 g/mol. The first-order chi connectivity index (χ1) is 30.3. The topological polar surface area (TPSA) is 321 Å². The number of nitrogens with one attached hydrogen (secondary N) is 2. The SMILES string of the molecule is COC(=O)COCCc1cc(CO)ccc1OS(=O)(=O)OCC(C)(C)CCNC(=O)O.COC(=O)COCCc1cc(COC(=O)Cl)ccc1OS(=O)(=O)OCC(C)(C)CCNC(=O)O.[Fm].[Fm]. The summed E-state index contributed by atoms with van der Waals surface area (Å²) in [6.07, 6.45) is -1.31. The van der Waals surface area contributed by atoms with Crippen LogP contribution in [0, 0.1) is 10.8 Å². The quantitative estimate of drug-likeness (QED) is 0.0334. The first-order valence-corrected chi connectivity index (χ1v) is 22.4. The molecule has 5 N–H and O–H groups in total. The summed E-state index contributed by atoms with van der Waals surface area (Å²) in [5.74, 6) is -1.16. The summed E-state index contributed by atoms with van der Waals surface area (Å²) in [5, 5.41) is 31.0. The number of halogens is 1. The van der Waals surface area contributed by atoms with E-state index in [1.54, 1.807) is 33.8 Å². The molecule has 28 heteroatoms. The number of rotatable bonds is 29. The Bertz CT molecular complexity index is 2090. The molecule has 23 nitrogen and oxygen atoms in total. The van der Waals surface area contributed by atoms with Crippen molar-refractivity contribution in [2.45, 2.75) is 66.6 Å². The number of carbonyl (C=O) groups excluding carboxylic acids is 3. The van der Waals surface area contributed by atoms with Gasteiger partial charge in [-0.05, 0) is 83.0 Å². The van der Waals surface area contributed by atoms with Crippen LogP contribution in [0.4, 0.5) is 14.4 Å². The van der Waals surface area contributed by atoms with Crippen molar-refractivity contribution >= 4 is 62.0 Å². The fraction of sp³-hybridized carbons (Fsp3) is 0.564. The summed E-state index contributed by atoms with van der Waals surface area (Å²) in [4.78, 5) is 54.2. The summed E-state index contributed by atoms with van der Waals surface area (Å²) >= 11 is 5.17. The molecule has 0 aliphatic heterocycles. The van der Waals surface area contributed by atoms with Gasteiger partial charge in [0, 0.05) is 24.7 Å². The number of methoxy groups -OCH3 is 2. The molecule has 0 saturated carbocycles. The van der Waals surface area contributed by atoms with Gasteiger partial charge < -0.3 is 58.0 Å². The van der Waals surface area contributed by atoms with E-state index >= 15 is 0 Å². The Morgan fingerprint density at radius 1 is 0.657 bits per heavy atom. The van der Waals surface area contributed by atoms with Crippen molar-refractivity contribution in [1.29, 1.82) is 0 Å². The number of aliphatic hydroxyl groups excluding tert-OH is 1. The number of amides is 2. The van der Waals surface area contributed by atoms with Gasteiger partial charge in [-0.2, -0.15) is 16.8 Å². The van der Waals surface area contributed by atoms with Gasteiger partial charge in [0.25, 0.3) is 0 Å². The molecule has 0 atom stereocenters. The molecular formula is C39H57ClFm2N2O21S2. The van der Waals surface area contributed by atoms with Crippen LogP contribution in [0.1, 0.15) is 62.8 Å². The molecule has 2 aromatic carbocycles. The van der Waals surface area contributed by atoms with E-state index in [0.29, 0.717) is 35.1 Å². The molecule has 0 aliphatic rings. The number of carbonyl (C=O) groups is 5. The molecule has 0 fully saturated rings. The Morgan fingerprint density at radius 3 is 1.40 bits per heavy atom. The van der Waals surface area contributed by atoms with Gasteiger partial charge in [-0.25, -0.2) is 32.3 Å². The summed E-state index contributed by atoms with van der Waals surface area (Å²) in [6.45, 7) is 5.86. The largest absolute Gasteiger partial charge is 0.467 e. The van der Waals surface area contributed by atoms with Crippen molar-refractivity contribution in [1.82, 2.24) is 10.6 Å². The predicted octanol–water partition coefficient (Wildman–Crippen LogP) is 3.85. The zero-order chi connectivity index (χ0) is 49.3. The number of hydrogen-bond acceptors (Lipinski definition) is 19. The Balaban J connectivity index is 0. The zero-order valence-electron chi connectivity index (χ0n) is 37.3. The maximum atomic E-state index is 12.4. The van der Waals surface area contributed by atoms with Crippen molar-refractivity contribution in [3.63, 3.8) is 0 Å². The van der Waals surface area contributed by atoms with Gasteiger partial charge in [-0.1, -0.05) is 39.8 Å². The van der Waals surface area contributed by atoms with Crippen molar-refractivity contribution in [2.75, 3.05) is 67.0 Å². The van der Waals surface area contributed by atoms with Crippen molar-refractivity contribution < 1.29 is 96.5 Å². The van der Waals surface area contributed by atoms with Gasteiger partial charge in [-0.3, -0.25) is 0 Å². The van der Waals surface area contributed by atoms with Crippen LogP contribution in [0.25, 0.3) is 0 Å². The Morgan fingerprint density at radius 2 is 1.04 bits per heavy atom. The molecule has 392 valence electrons. The predicted molar refractivity (Wildman–Crippen MR) is 228 cm³/mol. The third kappa shape index (κ3) is 28.5. The minimum atomic E-state index is -4.48. The Hall–Kier alpha value is -7.02. The molecule has 0 aliphatic carbocycles. The van der Waals surface area contributed by atoms with Crippen molar-refractivity contribution in [2.24, 2.45) is 10.8 Å². The van der Waals surface area contributed by atoms with Crippen LogP contribution in [-0.4, -0.2) is 129 Å². The van der Waals surface area contributed by atoms with Crippen LogP contribution < -0.4 is 19.0 Å². The molecular weight excluding hydrogens is 1450 g/mol. The molecule has 0 radical (unpaired) electrons. The van der Waals surface area contributed by atoms with E-state index in [1.165, 1.54) is 44.6 Å². The number of benzene rings is 2. The van der Waals surface area contributed by atoms with Crippen molar-refractivity contribution in [3.8, 4) is 11.5 Å². The first-order valence-electron chi connectivity index (χ1n) is 19.4.